The predicted molar refractivity (Wildman–Crippen MR) is 128 cm³/mol. The van der Waals surface area contributed by atoms with Crippen LogP contribution in [-0.2, 0) is 30.7 Å². The van der Waals surface area contributed by atoms with Crippen molar-refractivity contribution in [3.8, 4) is 0 Å². The van der Waals surface area contributed by atoms with E-state index in [1.165, 1.54) is 0 Å². The lowest BCUT2D eigenvalue weighted by molar-refractivity contribution is -0.253. The molecule has 3 fully saturated rings. The van der Waals surface area contributed by atoms with E-state index in [0.717, 1.165) is 12.0 Å². The van der Waals surface area contributed by atoms with E-state index < -0.39 is 32.8 Å². The van der Waals surface area contributed by atoms with Crippen molar-refractivity contribution in [3.63, 3.8) is 0 Å². The van der Waals surface area contributed by atoms with Gasteiger partial charge < -0.3 is 9.47 Å². The van der Waals surface area contributed by atoms with Crippen LogP contribution < -0.4 is 0 Å². The second kappa shape index (κ2) is 7.79. The number of carbonyl (C=O) groups excluding carboxylic acids is 1. The molecule has 0 unspecified atom stereocenters. The lowest BCUT2D eigenvalue weighted by Crippen LogP contribution is -2.57. The molecule has 2 bridgehead atoms. The number of hydrogen-bond acceptors (Lipinski definition) is 5. The molecule has 3 aliphatic rings. The van der Waals surface area contributed by atoms with Gasteiger partial charge in [0.05, 0.1) is 11.2 Å². The molecule has 0 N–H and O–H groups in total. The number of carbonyl (C=O) groups is 1. The summed E-state index contributed by atoms with van der Waals surface area (Å²) >= 11 is 0. The van der Waals surface area contributed by atoms with Crippen molar-refractivity contribution >= 4 is 16.0 Å². The van der Waals surface area contributed by atoms with Crippen molar-refractivity contribution in [1.29, 1.82) is 0 Å². The van der Waals surface area contributed by atoms with Crippen LogP contribution in [0.2, 0.25) is 0 Å². The van der Waals surface area contributed by atoms with E-state index in [-0.39, 0.29) is 29.2 Å². The molecule has 0 amide bonds. The molecular formula is C26H39NO5S. The quantitative estimate of drug-likeness (QED) is 0.540. The number of nitrogens with zero attached hydrogens (tertiary/aromatic N) is 1. The maximum absolute atomic E-state index is 13.8. The predicted octanol–water partition coefficient (Wildman–Crippen LogP) is 4.53. The normalized spacial score (nSPS) is 35.3. The fraction of sp³-hybridized carbons (Fsp3) is 0.731. The summed E-state index contributed by atoms with van der Waals surface area (Å²) in [5.41, 5.74) is -1.29. The van der Waals surface area contributed by atoms with Crippen LogP contribution in [0.25, 0.3) is 0 Å². The van der Waals surface area contributed by atoms with Crippen LogP contribution in [-0.4, -0.2) is 47.9 Å². The summed E-state index contributed by atoms with van der Waals surface area (Å²) in [6, 6.07) is 9.46. The van der Waals surface area contributed by atoms with Gasteiger partial charge in [-0.05, 0) is 64.4 Å². The first-order chi connectivity index (χ1) is 15.2. The standard InChI is InChI=1S/C26H39NO5S/c1-18(2)27(19(3)4)33(29,30)17-25-14-13-21(23(25,5)6)16-26(25)31-22(28)24(7,32-26)15-20-11-9-8-10-12-20/h8-12,18-19,21H,13-17H2,1-7H3/t21-,24-,25+,26-/m1/s1. The molecule has 184 valence electrons. The Kier molecular flexibility index (Phi) is 5.82. The van der Waals surface area contributed by atoms with Crippen LogP contribution in [0.3, 0.4) is 0 Å². The topological polar surface area (TPSA) is 72.9 Å². The lowest BCUT2D eigenvalue weighted by Gasteiger charge is -2.47. The van der Waals surface area contributed by atoms with Crippen LogP contribution in [0.1, 0.15) is 73.3 Å². The highest BCUT2D eigenvalue weighted by Crippen LogP contribution is 2.73. The summed E-state index contributed by atoms with van der Waals surface area (Å²) in [4.78, 5) is 13.3. The fourth-order valence-corrected chi connectivity index (χ4v) is 9.89. The van der Waals surface area contributed by atoms with Crippen LogP contribution in [0, 0.1) is 16.7 Å². The van der Waals surface area contributed by atoms with E-state index in [9.17, 15) is 13.2 Å². The van der Waals surface area contributed by atoms with Crippen LogP contribution in [0.5, 0.6) is 0 Å². The first-order valence-corrected chi connectivity index (χ1v) is 13.8. The molecule has 1 saturated heterocycles. The second-order valence-electron chi connectivity index (χ2n) is 11.7. The SMILES string of the molecule is CC(C)N(C(C)C)S(=O)(=O)C[C@]12CC[C@H](C[C@]13OC(=O)[C@@](C)(Cc1ccccc1)O3)C2(C)C. The van der Waals surface area contributed by atoms with Gasteiger partial charge >= 0.3 is 5.97 Å². The highest BCUT2D eigenvalue weighted by molar-refractivity contribution is 7.89. The zero-order valence-electron chi connectivity index (χ0n) is 21.1. The minimum absolute atomic E-state index is 0.0748. The van der Waals surface area contributed by atoms with E-state index in [2.05, 4.69) is 13.8 Å². The van der Waals surface area contributed by atoms with Crippen molar-refractivity contribution in [2.24, 2.45) is 16.7 Å². The molecule has 4 rings (SSSR count). The molecular weight excluding hydrogens is 438 g/mol. The Morgan fingerprint density at radius 3 is 2.21 bits per heavy atom. The van der Waals surface area contributed by atoms with E-state index in [1.54, 1.807) is 11.2 Å². The maximum Gasteiger partial charge on any atom is 0.341 e. The van der Waals surface area contributed by atoms with Crippen molar-refractivity contribution in [2.75, 3.05) is 5.75 Å². The van der Waals surface area contributed by atoms with Gasteiger partial charge in [0.15, 0.2) is 5.60 Å². The molecule has 1 aliphatic heterocycles. The first kappa shape index (κ1) is 24.7. The highest BCUT2D eigenvalue weighted by atomic mass is 32.2. The van der Waals surface area contributed by atoms with Crippen molar-refractivity contribution in [1.82, 2.24) is 4.31 Å². The van der Waals surface area contributed by atoms with E-state index in [0.29, 0.717) is 19.3 Å². The van der Waals surface area contributed by atoms with Gasteiger partial charge in [0, 0.05) is 24.9 Å². The Hall–Kier alpha value is -1.44. The minimum Gasteiger partial charge on any atom is -0.430 e. The molecule has 2 aliphatic carbocycles. The molecule has 1 heterocycles. The number of sulfonamides is 1. The third kappa shape index (κ3) is 3.57. The number of esters is 1. The number of ether oxygens (including phenoxy) is 2. The zero-order valence-corrected chi connectivity index (χ0v) is 21.9. The Morgan fingerprint density at radius 1 is 1.06 bits per heavy atom. The smallest absolute Gasteiger partial charge is 0.341 e. The average molecular weight is 478 g/mol. The summed E-state index contributed by atoms with van der Waals surface area (Å²) in [7, 11) is -3.63. The Morgan fingerprint density at radius 2 is 1.67 bits per heavy atom. The summed E-state index contributed by atoms with van der Waals surface area (Å²) in [5.74, 6) is -1.44. The summed E-state index contributed by atoms with van der Waals surface area (Å²) < 4.78 is 42.1. The molecule has 2 saturated carbocycles. The lowest BCUT2D eigenvalue weighted by atomic mass is 9.68. The zero-order chi connectivity index (χ0) is 24.4. The molecule has 1 spiro atoms. The fourth-order valence-electron chi connectivity index (χ4n) is 7.10. The van der Waals surface area contributed by atoms with Crippen LogP contribution >= 0.6 is 0 Å². The molecule has 1 aromatic rings. The third-order valence-electron chi connectivity index (χ3n) is 8.65. The number of hydrogen-bond donors (Lipinski definition) is 0. The van der Waals surface area contributed by atoms with Gasteiger partial charge in [0.1, 0.15) is 0 Å². The Labute approximate surface area is 199 Å². The van der Waals surface area contributed by atoms with Gasteiger partial charge in [-0.1, -0.05) is 44.2 Å². The Bertz CT molecular complexity index is 1010. The summed E-state index contributed by atoms with van der Waals surface area (Å²) in [6.45, 7) is 13.7. The van der Waals surface area contributed by atoms with Crippen LogP contribution in [0.4, 0.5) is 0 Å². The van der Waals surface area contributed by atoms with Crippen molar-refractivity contribution < 1.29 is 22.7 Å². The molecule has 7 heteroatoms. The second-order valence-corrected chi connectivity index (χ2v) is 13.5. The first-order valence-electron chi connectivity index (χ1n) is 12.2. The summed E-state index contributed by atoms with van der Waals surface area (Å²) in [5, 5.41) is 0. The molecule has 6 nitrogen and oxygen atoms in total. The number of rotatable bonds is 7. The van der Waals surface area contributed by atoms with E-state index in [1.807, 2.05) is 58.0 Å². The van der Waals surface area contributed by atoms with Gasteiger partial charge in [0.25, 0.3) is 0 Å². The largest absolute Gasteiger partial charge is 0.430 e. The minimum atomic E-state index is -3.63. The van der Waals surface area contributed by atoms with E-state index in [4.69, 9.17) is 9.47 Å². The molecule has 4 atom stereocenters. The summed E-state index contributed by atoms with van der Waals surface area (Å²) in [6.07, 6.45) is 2.54. The van der Waals surface area contributed by atoms with Gasteiger partial charge in [-0.15, -0.1) is 0 Å². The Balaban J connectivity index is 1.74. The van der Waals surface area contributed by atoms with Gasteiger partial charge in [-0.3, -0.25) is 0 Å². The number of fused-ring (bicyclic) bond motifs is 3. The molecule has 0 aromatic heterocycles. The highest BCUT2D eigenvalue weighted by Gasteiger charge is 2.79. The van der Waals surface area contributed by atoms with Gasteiger partial charge in [-0.25, -0.2) is 13.2 Å². The maximum atomic E-state index is 13.8. The van der Waals surface area contributed by atoms with Gasteiger partial charge in [0.2, 0.25) is 15.8 Å². The number of benzene rings is 1. The average Bonchev–Trinajstić information content (AvgIpc) is 3.12. The van der Waals surface area contributed by atoms with Crippen LogP contribution in [0.15, 0.2) is 30.3 Å². The van der Waals surface area contributed by atoms with E-state index >= 15 is 0 Å². The van der Waals surface area contributed by atoms with Crippen molar-refractivity contribution in [3.05, 3.63) is 35.9 Å². The third-order valence-corrected chi connectivity index (χ3v) is 11.0. The molecule has 1 aromatic carbocycles. The van der Waals surface area contributed by atoms with Crippen molar-refractivity contribution in [2.45, 2.75) is 97.6 Å². The van der Waals surface area contributed by atoms with Gasteiger partial charge in [-0.2, -0.15) is 4.31 Å². The molecule has 33 heavy (non-hydrogen) atoms. The molecule has 0 radical (unpaired) electrons. The monoisotopic (exact) mass is 477 g/mol.